The van der Waals surface area contributed by atoms with Crippen LogP contribution in [0.5, 0.6) is 0 Å². The second-order valence-corrected chi connectivity index (χ2v) is 11.1. The van der Waals surface area contributed by atoms with Gasteiger partial charge in [0.1, 0.15) is 11.4 Å². The van der Waals surface area contributed by atoms with Gasteiger partial charge in [0, 0.05) is 87.2 Å². The molecule has 41 heavy (non-hydrogen) atoms. The summed E-state index contributed by atoms with van der Waals surface area (Å²) in [5, 5.41) is 13.0. The molecule has 3 aromatic heterocycles. The Morgan fingerprint density at radius 1 is 1.12 bits per heavy atom. The second kappa shape index (κ2) is 9.27. The maximum Gasteiger partial charge on any atom is 0.341 e. The van der Waals surface area contributed by atoms with Gasteiger partial charge in [-0.1, -0.05) is 0 Å². The zero-order valence-electron chi connectivity index (χ0n) is 23.0. The number of hydrogen-bond acceptors (Lipinski definition) is 8. The average molecular weight is 556 g/mol. The molecule has 2 fully saturated rings. The number of likely N-dealkylation sites (tertiary alicyclic amines) is 1. The van der Waals surface area contributed by atoms with Gasteiger partial charge in [0.2, 0.25) is 5.43 Å². The van der Waals surface area contributed by atoms with Crippen molar-refractivity contribution in [2.24, 2.45) is 5.92 Å². The quantitative estimate of drug-likeness (QED) is 0.301. The highest BCUT2D eigenvalue weighted by atomic mass is 19.1. The van der Waals surface area contributed by atoms with Crippen LogP contribution in [0, 0.1) is 11.7 Å². The van der Waals surface area contributed by atoms with Crippen LogP contribution in [-0.4, -0.2) is 77.4 Å². The third-order valence-corrected chi connectivity index (χ3v) is 8.87. The van der Waals surface area contributed by atoms with Crippen LogP contribution in [0.25, 0.3) is 33.3 Å². The number of hydrogen-bond donors (Lipinski definition) is 3. The molecule has 7 rings (SSSR count). The van der Waals surface area contributed by atoms with Gasteiger partial charge in [-0.15, -0.1) is 0 Å². The van der Waals surface area contributed by atoms with Crippen LogP contribution < -0.4 is 21.1 Å². The maximum absolute atomic E-state index is 14.9. The first-order chi connectivity index (χ1) is 19.8. The Bertz CT molecular complexity index is 1820. The van der Waals surface area contributed by atoms with E-state index in [-0.39, 0.29) is 16.8 Å². The lowest BCUT2D eigenvalue weighted by molar-refractivity contribution is 0.0695. The van der Waals surface area contributed by atoms with Gasteiger partial charge in [0.05, 0.1) is 16.8 Å². The van der Waals surface area contributed by atoms with Crippen molar-refractivity contribution in [2.45, 2.75) is 18.9 Å². The Kier molecular flexibility index (Phi) is 5.75. The van der Waals surface area contributed by atoms with Crippen LogP contribution in [0.15, 0.2) is 41.6 Å². The van der Waals surface area contributed by atoms with Crippen LogP contribution >= 0.6 is 0 Å². The molecule has 0 radical (unpaired) electrons. The summed E-state index contributed by atoms with van der Waals surface area (Å²) in [7, 11) is 5.56. The monoisotopic (exact) mass is 555 g/mol. The molecule has 1 aromatic carbocycles. The smallest absolute Gasteiger partial charge is 0.341 e. The predicted octanol–water partition coefficient (Wildman–Crippen LogP) is 3.22. The van der Waals surface area contributed by atoms with Crippen LogP contribution in [0.1, 0.15) is 28.0 Å². The summed E-state index contributed by atoms with van der Waals surface area (Å²) in [4.78, 5) is 39.4. The van der Waals surface area contributed by atoms with Crippen molar-refractivity contribution in [1.82, 2.24) is 19.5 Å². The van der Waals surface area contributed by atoms with Gasteiger partial charge < -0.3 is 25.6 Å². The molecule has 0 amide bonds. The van der Waals surface area contributed by atoms with Gasteiger partial charge in [-0.2, -0.15) is 0 Å². The minimum absolute atomic E-state index is 0.187. The third kappa shape index (κ3) is 3.79. The molecule has 11 heteroatoms. The summed E-state index contributed by atoms with van der Waals surface area (Å²) in [6.45, 7) is 2.80. The molecular weight excluding hydrogens is 525 g/mol. The summed E-state index contributed by atoms with van der Waals surface area (Å²) in [6, 6.07) is 5.10. The fourth-order valence-corrected chi connectivity index (χ4v) is 7.04. The number of aromatic nitrogens is 3. The zero-order valence-corrected chi connectivity index (χ0v) is 23.0. The van der Waals surface area contributed by atoms with Crippen molar-refractivity contribution in [2.75, 3.05) is 56.4 Å². The molecular formula is C30H30FN7O3. The second-order valence-electron chi connectivity index (χ2n) is 11.1. The summed E-state index contributed by atoms with van der Waals surface area (Å²) in [5.74, 6) is -1.11. The molecule has 210 valence electrons. The number of halogens is 1. The number of rotatable bonds is 5. The third-order valence-electron chi connectivity index (χ3n) is 8.87. The SMILES string of the molecule is CNc1cc(F)cc2c1Cc1ncc(-c3cnc4c(c3)c(=O)c(C(=O)O)cn4NC)c(N3CC[C@H]4CN(C)C[C@H]43)c1-2. The highest BCUT2D eigenvalue weighted by Crippen LogP contribution is 2.51. The number of likely N-dealkylation sites (N-methyl/N-ethyl adjacent to an activating group) is 1. The Morgan fingerprint density at radius 3 is 2.71 bits per heavy atom. The fourth-order valence-electron chi connectivity index (χ4n) is 7.04. The minimum atomic E-state index is -1.31. The van der Waals surface area contributed by atoms with E-state index in [0.29, 0.717) is 29.6 Å². The van der Waals surface area contributed by atoms with Crippen LogP contribution in [0.4, 0.5) is 15.8 Å². The number of carboxylic acid groups (broad SMARTS) is 1. The molecule has 3 N–H and O–H groups in total. The van der Waals surface area contributed by atoms with Crippen molar-refractivity contribution in [3.05, 3.63) is 69.7 Å². The van der Waals surface area contributed by atoms with Crippen LogP contribution in [0.2, 0.25) is 0 Å². The first kappa shape index (κ1) is 25.5. The lowest BCUT2D eigenvalue weighted by atomic mass is 9.96. The summed E-state index contributed by atoms with van der Waals surface area (Å²) >= 11 is 0. The number of fused-ring (bicyclic) bond motifs is 5. The highest BCUT2D eigenvalue weighted by molar-refractivity contribution is 5.98. The number of nitrogens with zero attached hydrogens (tertiary/aromatic N) is 5. The van der Waals surface area contributed by atoms with E-state index >= 15 is 0 Å². The number of nitrogens with one attached hydrogen (secondary N) is 2. The van der Waals surface area contributed by atoms with Crippen molar-refractivity contribution in [3.8, 4) is 22.3 Å². The Labute approximate surface area is 235 Å². The van der Waals surface area contributed by atoms with Gasteiger partial charge in [0.15, 0.2) is 5.65 Å². The van der Waals surface area contributed by atoms with E-state index in [1.54, 1.807) is 32.4 Å². The maximum atomic E-state index is 14.9. The molecule has 1 aliphatic carbocycles. The van der Waals surface area contributed by atoms with E-state index in [9.17, 15) is 19.1 Å². The molecule has 2 saturated heterocycles. The lowest BCUT2D eigenvalue weighted by Crippen LogP contribution is -2.35. The van der Waals surface area contributed by atoms with Crippen molar-refractivity contribution >= 4 is 28.4 Å². The van der Waals surface area contributed by atoms with E-state index in [1.165, 1.54) is 16.9 Å². The normalized spacial score (nSPS) is 19.4. The molecule has 4 aromatic rings. The van der Waals surface area contributed by atoms with Crippen molar-refractivity contribution < 1.29 is 14.3 Å². The van der Waals surface area contributed by atoms with Gasteiger partial charge in [0.25, 0.3) is 0 Å². The number of aromatic carboxylic acids is 1. The summed E-state index contributed by atoms with van der Waals surface area (Å²) in [5.41, 5.74) is 9.03. The first-order valence-corrected chi connectivity index (χ1v) is 13.7. The molecule has 0 saturated carbocycles. The Balaban J connectivity index is 1.50. The molecule has 0 unspecified atom stereocenters. The standard InChI is InChI=1S/C30H30FN7O3/c1-32-23-8-17(31)7-19-18(23)9-24-26(19)27(37-5-4-15-12-36(3)14-25(15)37)21(11-34-24)16-6-20-28(39)22(30(40)41)13-38(33-2)29(20)35-10-16/h6-8,10-11,13,15,25,32-33H,4-5,9,12,14H2,1-3H3,(H,40,41)/t15-,25+/m0/s1. The van der Waals surface area contributed by atoms with E-state index in [4.69, 9.17) is 4.98 Å². The van der Waals surface area contributed by atoms with Gasteiger partial charge in [-0.3, -0.25) is 9.78 Å². The largest absolute Gasteiger partial charge is 0.477 e. The average Bonchev–Trinajstić information content (AvgIpc) is 3.64. The number of pyridine rings is 3. The number of carboxylic acids is 1. The number of carbonyl (C=O) groups is 1. The molecule has 2 atom stereocenters. The first-order valence-electron chi connectivity index (χ1n) is 13.7. The fraction of sp³-hybridized carbons (Fsp3) is 0.333. The van der Waals surface area contributed by atoms with Gasteiger partial charge >= 0.3 is 5.97 Å². The topological polar surface area (TPSA) is 116 Å². The molecule has 10 nitrogen and oxygen atoms in total. The highest BCUT2D eigenvalue weighted by Gasteiger charge is 2.43. The predicted molar refractivity (Wildman–Crippen MR) is 156 cm³/mol. The van der Waals surface area contributed by atoms with Crippen LogP contribution in [-0.2, 0) is 6.42 Å². The van der Waals surface area contributed by atoms with Crippen molar-refractivity contribution in [3.63, 3.8) is 0 Å². The van der Waals surface area contributed by atoms with E-state index in [0.717, 1.165) is 65.4 Å². The molecule has 2 aliphatic heterocycles. The van der Waals surface area contributed by atoms with E-state index in [2.05, 4.69) is 32.6 Å². The number of benzene rings is 1. The molecule has 0 spiro atoms. The van der Waals surface area contributed by atoms with E-state index in [1.807, 2.05) is 6.20 Å². The van der Waals surface area contributed by atoms with Crippen LogP contribution in [0.3, 0.4) is 0 Å². The molecule has 3 aliphatic rings. The summed E-state index contributed by atoms with van der Waals surface area (Å²) < 4.78 is 16.3. The summed E-state index contributed by atoms with van der Waals surface area (Å²) in [6.07, 6.45) is 6.39. The van der Waals surface area contributed by atoms with E-state index < -0.39 is 11.4 Å². The molecule has 0 bridgehead atoms. The number of anilines is 2. The minimum Gasteiger partial charge on any atom is -0.477 e. The van der Waals surface area contributed by atoms with Gasteiger partial charge in [-0.05, 0) is 48.7 Å². The zero-order chi connectivity index (χ0) is 28.6. The molecule has 5 heterocycles. The lowest BCUT2D eigenvalue weighted by Gasteiger charge is -2.31. The van der Waals surface area contributed by atoms with Crippen molar-refractivity contribution in [1.29, 1.82) is 0 Å². The Morgan fingerprint density at radius 2 is 1.95 bits per heavy atom. The van der Waals surface area contributed by atoms with Gasteiger partial charge in [-0.25, -0.2) is 18.8 Å². The Hall–Kier alpha value is -4.51.